The van der Waals surface area contributed by atoms with Crippen LogP contribution in [-0.4, -0.2) is 6.04 Å². The summed E-state index contributed by atoms with van der Waals surface area (Å²) in [7, 11) is 0. The lowest BCUT2D eigenvalue weighted by molar-refractivity contribution is 0.507. The number of hydrogen-bond acceptors (Lipinski definition) is 1. The summed E-state index contributed by atoms with van der Waals surface area (Å²) in [6.07, 6.45) is 7.25. The van der Waals surface area contributed by atoms with Crippen molar-refractivity contribution in [1.82, 2.24) is 0 Å². The highest BCUT2D eigenvalue weighted by Crippen LogP contribution is 2.23. The molecule has 1 aliphatic rings. The van der Waals surface area contributed by atoms with Gasteiger partial charge in [-0.15, -0.1) is 12.4 Å². The van der Waals surface area contributed by atoms with Crippen molar-refractivity contribution in [3.63, 3.8) is 0 Å². The molecule has 1 aliphatic carbocycles. The van der Waals surface area contributed by atoms with Crippen LogP contribution in [0.15, 0.2) is 11.6 Å². The molecule has 0 heterocycles. The van der Waals surface area contributed by atoms with Gasteiger partial charge in [-0.1, -0.05) is 25.5 Å². The van der Waals surface area contributed by atoms with E-state index in [1.807, 2.05) is 0 Å². The predicted octanol–water partition coefficient (Wildman–Crippen LogP) is 2.89. The molecular formula is C10H20ClN. The van der Waals surface area contributed by atoms with Gasteiger partial charge >= 0.3 is 0 Å². The maximum absolute atomic E-state index is 5.80. The van der Waals surface area contributed by atoms with Crippen LogP contribution in [0.4, 0.5) is 0 Å². The highest BCUT2D eigenvalue weighted by molar-refractivity contribution is 5.85. The van der Waals surface area contributed by atoms with Crippen LogP contribution in [0.5, 0.6) is 0 Å². The van der Waals surface area contributed by atoms with Gasteiger partial charge in [0.15, 0.2) is 0 Å². The Bertz CT molecular complexity index is 142. The van der Waals surface area contributed by atoms with Gasteiger partial charge in [0.2, 0.25) is 0 Å². The zero-order valence-corrected chi connectivity index (χ0v) is 8.86. The lowest BCUT2D eigenvalue weighted by Crippen LogP contribution is -2.23. The number of allylic oxidation sites excluding steroid dienone is 2. The molecule has 0 radical (unpaired) electrons. The maximum atomic E-state index is 5.80. The monoisotopic (exact) mass is 189 g/mol. The molecule has 1 nitrogen and oxygen atoms in total. The molecule has 2 N–H and O–H groups in total. The lowest BCUT2D eigenvalue weighted by Gasteiger charge is -2.20. The Labute approximate surface area is 81.8 Å². The molecule has 0 amide bonds. The Balaban J connectivity index is 0.00000121. The fraction of sp³-hybridized carbons (Fsp3) is 0.800. The third kappa shape index (κ3) is 4.13. The van der Waals surface area contributed by atoms with E-state index in [4.69, 9.17) is 5.73 Å². The van der Waals surface area contributed by atoms with Crippen LogP contribution in [0, 0.1) is 5.92 Å². The standard InChI is InChI=1S/C10H19N.ClH/c1-8(2)7-9-3-5-10(11)6-4-9;/h7-8,10H,3-6,11H2,1-2H3;1H. The van der Waals surface area contributed by atoms with Crippen molar-refractivity contribution in [1.29, 1.82) is 0 Å². The first-order valence-electron chi connectivity index (χ1n) is 4.63. The van der Waals surface area contributed by atoms with E-state index in [1.54, 1.807) is 5.57 Å². The second-order valence-electron chi connectivity index (χ2n) is 3.91. The minimum absolute atomic E-state index is 0. The molecule has 0 aromatic carbocycles. The summed E-state index contributed by atoms with van der Waals surface area (Å²) in [5.41, 5.74) is 7.43. The van der Waals surface area contributed by atoms with E-state index in [0.717, 1.165) is 0 Å². The number of halogens is 1. The van der Waals surface area contributed by atoms with Gasteiger partial charge in [0.1, 0.15) is 0 Å². The van der Waals surface area contributed by atoms with Gasteiger partial charge in [-0.05, 0) is 31.6 Å². The third-order valence-corrected chi connectivity index (χ3v) is 2.24. The average Bonchev–Trinajstić information content (AvgIpc) is 1.93. The molecule has 72 valence electrons. The van der Waals surface area contributed by atoms with E-state index in [9.17, 15) is 0 Å². The number of hydrogen-bond donors (Lipinski definition) is 1. The van der Waals surface area contributed by atoms with Gasteiger partial charge in [-0.2, -0.15) is 0 Å². The molecule has 12 heavy (non-hydrogen) atoms. The molecular weight excluding hydrogens is 170 g/mol. The van der Waals surface area contributed by atoms with Gasteiger partial charge in [-0.25, -0.2) is 0 Å². The van der Waals surface area contributed by atoms with E-state index in [-0.39, 0.29) is 12.4 Å². The Morgan fingerprint density at radius 2 is 1.83 bits per heavy atom. The van der Waals surface area contributed by atoms with Crippen molar-refractivity contribution in [3.05, 3.63) is 11.6 Å². The minimum atomic E-state index is 0. The van der Waals surface area contributed by atoms with Crippen LogP contribution in [0.1, 0.15) is 39.5 Å². The largest absolute Gasteiger partial charge is 0.328 e. The average molecular weight is 190 g/mol. The minimum Gasteiger partial charge on any atom is -0.328 e. The smallest absolute Gasteiger partial charge is 0.00449 e. The topological polar surface area (TPSA) is 26.0 Å². The van der Waals surface area contributed by atoms with Gasteiger partial charge in [0, 0.05) is 6.04 Å². The first kappa shape index (κ1) is 12.0. The molecule has 2 heteroatoms. The van der Waals surface area contributed by atoms with Crippen LogP contribution in [0.3, 0.4) is 0 Å². The van der Waals surface area contributed by atoms with E-state index >= 15 is 0 Å². The van der Waals surface area contributed by atoms with Crippen LogP contribution < -0.4 is 5.73 Å². The van der Waals surface area contributed by atoms with Crippen molar-refractivity contribution in [3.8, 4) is 0 Å². The molecule has 0 unspecified atom stereocenters. The summed E-state index contributed by atoms with van der Waals surface area (Å²) >= 11 is 0. The van der Waals surface area contributed by atoms with Crippen LogP contribution in [0.2, 0.25) is 0 Å². The van der Waals surface area contributed by atoms with Gasteiger partial charge in [0.25, 0.3) is 0 Å². The molecule has 0 atom stereocenters. The molecule has 1 rings (SSSR count). The van der Waals surface area contributed by atoms with E-state index < -0.39 is 0 Å². The lowest BCUT2D eigenvalue weighted by atomic mass is 9.90. The van der Waals surface area contributed by atoms with Crippen molar-refractivity contribution in [2.24, 2.45) is 11.7 Å². The van der Waals surface area contributed by atoms with Crippen molar-refractivity contribution in [2.75, 3.05) is 0 Å². The predicted molar refractivity (Wildman–Crippen MR) is 56.6 cm³/mol. The summed E-state index contributed by atoms with van der Waals surface area (Å²) in [4.78, 5) is 0. The molecule has 1 saturated carbocycles. The SMILES string of the molecule is CC(C)C=C1CCC(N)CC1.Cl. The molecule has 1 fully saturated rings. The van der Waals surface area contributed by atoms with E-state index in [2.05, 4.69) is 19.9 Å². The summed E-state index contributed by atoms with van der Waals surface area (Å²) in [6.45, 7) is 4.48. The van der Waals surface area contributed by atoms with Crippen LogP contribution >= 0.6 is 12.4 Å². The van der Waals surface area contributed by atoms with Crippen LogP contribution in [0.25, 0.3) is 0 Å². The fourth-order valence-corrected chi connectivity index (χ4v) is 1.65. The molecule has 0 aliphatic heterocycles. The van der Waals surface area contributed by atoms with Crippen molar-refractivity contribution < 1.29 is 0 Å². The quantitative estimate of drug-likeness (QED) is 0.631. The van der Waals surface area contributed by atoms with Gasteiger partial charge in [0.05, 0.1) is 0 Å². The van der Waals surface area contributed by atoms with E-state index in [0.29, 0.717) is 12.0 Å². The Morgan fingerprint density at radius 1 is 1.33 bits per heavy atom. The third-order valence-electron chi connectivity index (χ3n) is 2.24. The first-order chi connectivity index (χ1) is 5.18. The second kappa shape index (κ2) is 5.60. The summed E-state index contributed by atoms with van der Waals surface area (Å²) < 4.78 is 0. The van der Waals surface area contributed by atoms with Crippen molar-refractivity contribution in [2.45, 2.75) is 45.6 Å². The Morgan fingerprint density at radius 3 is 2.25 bits per heavy atom. The molecule has 0 aromatic rings. The van der Waals surface area contributed by atoms with Crippen LogP contribution in [-0.2, 0) is 0 Å². The number of rotatable bonds is 1. The van der Waals surface area contributed by atoms with Gasteiger partial charge in [-0.3, -0.25) is 0 Å². The highest BCUT2D eigenvalue weighted by Gasteiger charge is 2.11. The van der Waals surface area contributed by atoms with Gasteiger partial charge < -0.3 is 5.73 Å². The second-order valence-corrected chi connectivity index (χ2v) is 3.91. The summed E-state index contributed by atoms with van der Waals surface area (Å²) in [5, 5.41) is 0. The maximum Gasteiger partial charge on any atom is 0.00449 e. The van der Waals surface area contributed by atoms with Crippen molar-refractivity contribution >= 4 is 12.4 Å². The fourth-order valence-electron chi connectivity index (χ4n) is 1.65. The van der Waals surface area contributed by atoms with E-state index in [1.165, 1.54) is 25.7 Å². The Kier molecular flexibility index (Phi) is 5.60. The summed E-state index contributed by atoms with van der Waals surface area (Å²) in [5.74, 6) is 0.708. The first-order valence-corrected chi connectivity index (χ1v) is 4.63. The molecule has 0 saturated heterocycles. The molecule has 0 aromatic heterocycles. The molecule has 0 spiro atoms. The zero-order valence-electron chi connectivity index (χ0n) is 8.05. The zero-order chi connectivity index (χ0) is 8.27. The normalized spacial score (nSPS) is 23.7. The highest BCUT2D eigenvalue weighted by atomic mass is 35.5. The molecule has 0 bridgehead atoms. The summed E-state index contributed by atoms with van der Waals surface area (Å²) in [6, 6.07) is 0.472. The Hall–Kier alpha value is -0.0100. The number of nitrogens with two attached hydrogens (primary N) is 1.